The van der Waals surface area contributed by atoms with E-state index in [1.54, 1.807) is 34.6 Å². The Hall–Kier alpha value is -1.52. The number of nitrogens with zero attached hydrogens (tertiary/aromatic N) is 2. The van der Waals surface area contributed by atoms with E-state index in [4.69, 9.17) is 11.6 Å². The lowest BCUT2D eigenvalue weighted by molar-refractivity contribution is 0.795. The maximum absolute atomic E-state index is 12.0. The minimum Gasteiger partial charge on any atom is -0.295 e. The second-order valence-corrected chi connectivity index (χ2v) is 6.81. The average Bonchev–Trinajstić information content (AvgIpc) is 3.07. The molecular weight excluding hydrogens is 304 g/mol. The van der Waals surface area contributed by atoms with Crippen molar-refractivity contribution in [3.63, 3.8) is 0 Å². The van der Waals surface area contributed by atoms with Crippen LogP contribution in [0.1, 0.15) is 27.6 Å². The minimum absolute atomic E-state index is 0.0161. The normalized spacial score (nSPS) is 13.0. The monoisotopic (exact) mass is 320 g/mol. The van der Waals surface area contributed by atoms with Crippen LogP contribution in [0.5, 0.6) is 0 Å². The van der Waals surface area contributed by atoms with E-state index in [1.165, 1.54) is 4.88 Å². The lowest BCUT2D eigenvalue weighted by Crippen LogP contribution is -2.19. The van der Waals surface area contributed by atoms with Crippen molar-refractivity contribution < 1.29 is 0 Å². The van der Waals surface area contributed by atoms with Crippen LogP contribution in [-0.2, 0) is 20.5 Å². The SMILES string of the molecule is CCc1ccc(C(Cl)c2ccc3c(c2)n(C)c(=O)n3C)s1. The number of aryl methyl sites for hydroxylation is 3. The van der Waals surface area contributed by atoms with Crippen LogP contribution in [0.25, 0.3) is 11.0 Å². The number of hydrogen-bond acceptors (Lipinski definition) is 2. The number of thiophene rings is 1. The van der Waals surface area contributed by atoms with Gasteiger partial charge in [0, 0.05) is 23.8 Å². The molecule has 21 heavy (non-hydrogen) atoms. The van der Waals surface area contributed by atoms with Crippen LogP contribution >= 0.6 is 22.9 Å². The van der Waals surface area contributed by atoms with E-state index in [1.807, 2.05) is 18.2 Å². The van der Waals surface area contributed by atoms with E-state index in [-0.39, 0.29) is 11.1 Å². The maximum Gasteiger partial charge on any atom is 0.328 e. The molecule has 1 aromatic carbocycles. The molecule has 0 spiro atoms. The number of aromatic nitrogens is 2. The van der Waals surface area contributed by atoms with E-state index < -0.39 is 0 Å². The van der Waals surface area contributed by atoms with Gasteiger partial charge in [0.15, 0.2) is 0 Å². The fourth-order valence-corrected chi connectivity index (χ4v) is 3.87. The predicted octanol–water partition coefficient (Wildman–Crippen LogP) is 3.83. The highest BCUT2D eigenvalue weighted by molar-refractivity contribution is 7.12. The number of alkyl halides is 1. The van der Waals surface area contributed by atoms with Crippen LogP contribution in [-0.4, -0.2) is 9.13 Å². The van der Waals surface area contributed by atoms with Gasteiger partial charge in [0.1, 0.15) is 0 Å². The van der Waals surface area contributed by atoms with Crippen molar-refractivity contribution in [2.24, 2.45) is 14.1 Å². The van der Waals surface area contributed by atoms with E-state index in [2.05, 4.69) is 19.1 Å². The summed E-state index contributed by atoms with van der Waals surface area (Å²) in [6.07, 6.45) is 1.03. The van der Waals surface area contributed by atoms with Gasteiger partial charge in [-0.2, -0.15) is 0 Å². The first kappa shape index (κ1) is 14.4. The highest BCUT2D eigenvalue weighted by Gasteiger charge is 2.16. The Kier molecular flexibility index (Phi) is 3.68. The van der Waals surface area contributed by atoms with Gasteiger partial charge in [-0.15, -0.1) is 22.9 Å². The Morgan fingerprint density at radius 1 is 1.14 bits per heavy atom. The number of benzene rings is 1. The summed E-state index contributed by atoms with van der Waals surface area (Å²) in [4.78, 5) is 14.5. The van der Waals surface area contributed by atoms with Crippen molar-refractivity contribution in [3.05, 3.63) is 56.1 Å². The molecule has 2 aromatic heterocycles. The fraction of sp³-hybridized carbons (Fsp3) is 0.312. The van der Waals surface area contributed by atoms with Crippen LogP contribution in [0, 0.1) is 0 Å². The first-order chi connectivity index (χ1) is 10.0. The summed E-state index contributed by atoms with van der Waals surface area (Å²) in [5, 5.41) is -0.171. The number of imidazole rings is 1. The van der Waals surface area contributed by atoms with Crippen LogP contribution < -0.4 is 5.69 Å². The molecule has 1 atom stereocenters. The maximum atomic E-state index is 12.0. The molecule has 5 heteroatoms. The van der Waals surface area contributed by atoms with Gasteiger partial charge in [0.25, 0.3) is 0 Å². The Bertz CT molecular complexity index is 859. The summed E-state index contributed by atoms with van der Waals surface area (Å²) in [7, 11) is 3.58. The Labute approximate surface area is 132 Å². The number of halogens is 1. The average molecular weight is 321 g/mol. The number of hydrogen-bond donors (Lipinski definition) is 0. The molecule has 0 aliphatic heterocycles. The molecule has 0 N–H and O–H groups in total. The van der Waals surface area contributed by atoms with E-state index in [9.17, 15) is 4.79 Å². The highest BCUT2D eigenvalue weighted by Crippen LogP contribution is 2.34. The number of rotatable bonds is 3. The molecule has 3 aromatic rings. The Morgan fingerprint density at radius 3 is 2.52 bits per heavy atom. The molecule has 0 aliphatic carbocycles. The quantitative estimate of drug-likeness (QED) is 0.674. The molecule has 0 saturated carbocycles. The third-order valence-corrected chi connectivity index (χ3v) is 5.78. The molecule has 0 radical (unpaired) electrons. The first-order valence-electron chi connectivity index (χ1n) is 6.91. The van der Waals surface area contributed by atoms with Gasteiger partial charge in [-0.1, -0.05) is 13.0 Å². The molecular formula is C16H17ClN2OS. The van der Waals surface area contributed by atoms with Gasteiger partial charge >= 0.3 is 5.69 Å². The van der Waals surface area contributed by atoms with Crippen molar-refractivity contribution in [2.45, 2.75) is 18.7 Å². The van der Waals surface area contributed by atoms with Gasteiger partial charge in [0.05, 0.1) is 16.4 Å². The van der Waals surface area contributed by atoms with Gasteiger partial charge < -0.3 is 0 Å². The van der Waals surface area contributed by atoms with Gasteiger partial charge in [-0.05, 0) is 36.2 Å². The zero-order valence-corrected chi connectivity index (χ0v) is 13.8. The Morgan fingerprint density at radius 2 is 1.86 bits per heavy atom. The van der Waals surface area contributed by atoms with Crippen LogP contribution in [0.15, 0.2) is 35.1 Å². The fourth-order valence-electron chi connectivity index (χ4n) is 2.57. The summed E-state index contributed by atoms with van der Waals surface area (Å²) in [5.41, 5.74) is 2.85. The highest BCUT2D eigenvalue weighted by atomic mass is 35.5. The van der Waals surface area contributed by atoms with Gasteiger partial charge in [0.2, 0.25) is 0 Å². The molecule has 0 amide bonds. The van der Waals surface area contributed by atoms with Crippen LogP contribution in [0.4, 0.5) is 0 Å². The second kappa shape index (κ2) is 5.35. The lowest BCUT2D eigenvalue weighted by Gasteiger charge is -2.08. The van der Waals surface area contributed by atoms with Crippen LogP contribution in [0.3, 0.4) is 0 Å². The van der Waals surface area contributed by atoms with Crippen molar-refractivity contribution in [1.29, 1.82) is 0 Å². The molecule has 0 fully saturated rings. The molecule has 0 bridgehead atoms. The zero-order valence-electron chi connectivity index (χ0n) is 12.3. The summed E-state index contributed by atoms with van der Waals surface area (Å²) < 4.78 is 3.32. The summed E-state index contributed by atoms with van der Waals surface area (Å²) in [6, 6.07) is 10.2. The standard InChI is InChI=1S/C16H17ClN2OS/c1-4-11-6-8-14(21-11)15(17)10-5-7-12-13(9-10)19(3)16(20)18(12)2/h5-9,15H,4H2,1-3H3. The molecule has 3 rings (SSSR count). The molecule has 3 nitrogen and oxygen atoms in total. The molecule has 1 unspecified atom stereocenters. The lowest BCUT2D eigenvalue weighted by atomic mass is 10.1. The topological polar surface area (TPSA) is 26.9 Å². The van der Waals surface area contributed by atoms with Crippen molar-refractivity contribution in [3.8, 4) is 0 Å². The zero-order chi connectivity index (χ0) is 15.1. The van der Waals surface area contributed by atoms with E-state index >= 15 is 0 Å². The summed E-state index contributed by atoms with van der Waals surface area (Å²) in [6.45, 7) is 2.14. The smallest absolute Gasteiger partial charge is 0.295 e. The van der Waals surface area contributed by atoms with Crippen molar-refractivity contribution in [2.75, 3.05) is 0 Å². The Balaban J connectivity index is 2.08. The molecule has 0 aliphatic rings. The third kappa shape index (κ3) is 2.32. The molecule has 0 saturated heterocycles. The van der Waals surface area contributed by atoms with Gasteiger partial charge in [-0.3, -0.25) is 9.13 Å². The predicted molar refractivity (Wildman–Crippen MR) is 89.6 cm³/mol. The number of fused-ring (bicyclic) bond motifs is 1. The van der Waals surface area contributed by atoms with Gasteiger partial charge in [-0.25, -0.2) is 4.79 Å². The third-order valence-electron chi connectivity index (χ3n) is 3.87. The van der Waals surface area contributed by atoms with Crippen molar-refractivity contribution >= 4 is 34.0 Å². The van der Waals surface area contributed by atoms with E-state index in [0.717, 1.165) is 27.9 Å². The first-order valence-corrected chi connectivity index (χ1v) is 8.16. The van der Waals surface area contributed by atoms with Crippen LogP contribution in [0.2, 0.25) is 0 Å². The molecule has 110 valence electrons. The summed E-state index contributed by atoms with van der Waals surface area (Å²) in [5.74, 6) is 0. The van der Waals surface area contributed by atoms with Crippen molar-refractivity contribution in [1.82, 2.24) is 9.13 Å². The largest absolute Gasteiger partial charge is 0.328 e. The van der Waals surface area contributed by atoms with E-state index in [0.29, 0.717) is 0 Å². The minimum atomic E-state index is -0.171. The second-order valence-electron chi connectivity index (χ2n) is 5.17. The molecule has 2 heterocycles. The summed E-state index contributed by atoms with van der Waals surface area (Å²) >= 11 is 8.37.